The minimum atomic E-state index is -2.60. The Morgan fingerprint density at radius 3 is 2.74 bits per heavy atom. The molecule has 2 aromatic rings. The molecule has 0 saturated carbocycles. The Kier molecular flexibility index (Phi) is 8.86. The molecule has 0 unspecified atom stereocenters. The zero-order chi connectivity index (χ0) is 24.5. The first-order valence-corrected chi connectivity index (χ1v) is 10.7. The highest BCUT2D eigenvalue weighted by Crippen LogP contribution is 2.24. The molecule has 1 N–H and O–H groups in total. The number of aromatic nitrogens is 3. The highest BCUT2D eigenvalue weighted by molar-refractivity contribution is 5.98. The van der Waals surface area contributed by atoms with Crippen LogP contribution in [0.3, 0.4) is 0 Å². The van der Waals surface area contributed by atoms with E-state index >= 15 is 0 Å². The number of amides is 1. The number of alkyl halides is 2. The molecule has 1 saturated heterocycles. The van der Waals surface area contributed by atoms with Crippen LogP contribution in [0.25, 0.3) is 5.69 Å². The Morgan fingerprint density at radius 1 is 1.32 bits per heavy atom. The molecular formula is C23H27F2N5O4. The van der Waals surface area contributed by atoms with Gasteiger partial charge in [-0.05, 0) is 31.9 Å². The maximum absolute atomic E-state index is 13.5. The van der Waals surface area contributed by atoms with Crippen molar-refractivity contribution in [2.24, 2.45) is 4.99 Å². The lowest BCUT2D eigenvalue weighted by molar-refractivity contribution is 0.0180. The molecule has 0 aliphatic carbocycles. The molecule has 0 radical (unpaired) electrons. The number of benzene rings is 1. The van der Waals surface area contributed by atoms with Gasteiger partial charge < -0.3 is 19.5 Å². The van der Waals surface area contributed by atoms with E-state index in [4.69, 9.17) is 9.47 Å². The summed E-state index contributed by atoms with van der Waals surface area (Å²) in [5, 5.41) is 18.1. The van der Waals surface area contributed by atoms with Crippen LogP contribution in [0.4, 0.5) is 8.78 Å². The van der Waals surface area contributed by atoms with Crippen LogP contribution in [0, 0.1) is 0 Å². The highest BCUT2D eigenvalue weighted by atomic mass is 19.3. The summed E-state index contributed by atoms with van der Waals surface area (Å²) in [4.78, 5) is 20.5. The number of hydrogen-bond donors (Lipinski definition) is 1. The van der Waals surface area contributed by atoms with Crippen LogP contribution in [-0.4, -0.2) is 75.1 Å². The number of allylic oxidation sites excluding steroid dienone is 1. The molecule has 1 aromatic heterocycles. The number of aliphatic imine (C=N–C) groups is 1. The monoisotopic (exact) mass is 475 g/mol. The smallest absolute Gasteiger partial charge is 0.272 e. The topological polar surface area (TPSA) is 102 Å². The second-order valence-electron chi connectivity index (χ2n) is 7.55. The molecule has 11 heteroatoms. The predicted octanol–water partition coefficient (Wildman–Crippen LogP) is 2.98. The van der Waals surface area contributed by atoms with Gasteiger partial charge in [0.2, 0.25) is 5.90 Å². The lowest BCUT2D eigenvalue weighted by atomic mass is 9.98. The molecule has 1 amide bonds. The number of aliphatic hydroxyl groups excluding tert-OH is 1. The Labute approximate surface area is 196 Å². The summed E-state index contributed by atoms with van der Waals surface area (Å²) < 4.78 is 35.7. The maximum atomic E-state index is 13.5. The van der Waals surface area contributed by atoms with E-state index in [1.807, 2.05) is 0 Å². The second-order valence-corrected chi connectivity index (χ2v) is 7.55. The fourth-order valence-corrected chi connectivity index (χ4v) is 3.62. The quantitative estimate of drug-likeness (QED) is 0.340. The van der Waals surface area contributed by atoms with Crippen molar-refractivity contribution in [2.75, 3.05) is 19.8 Å². The second kappa shape index (κ2) is 12.0. The van der Waals surface area contributed by atoms with Gasteiger partial charge in [0.25, 0.3) is 12.3 Å². The molecular weight excluding hydrogens is 448 g/mol. The van der Waals surface area contributed by atoms with Crippen LogP contribution in [0.5, 0.6) is 0 Å². The highest BCUT2D eigenvalue weighted by Gasteiger charge is 2.34. The largest absolute Gasteiger partial charge is 0.492 e. The van der Waals surface area contributed by atoms with Gasteiger partial charge in [-0.15, -0.1) is 0 Å². The minimum Gasteiger partial charge on any atom is -0.492 e. The van der Waals surface area contributed by atoms with Gasteiger partial charge in [0.15, 0.2) is 0 Å². The fraction of sp³-hybridized carbons (Fsp3) is 0.391. The lowest BCUT2D eigenvalue weighted by Gasteiger charge is -2.39. The van der Waals surface area contributed by atoms with Crippen LogP contribution < -0.4 is 0 Å². The van der Waals surface area contributed by atoms with Gasteiger partial charge in [0, 0.05) is 12.3 Å². The third kappa shape index (κ3) is 6.47. The lowest BCUT2D eigenvalue weighted by Crippen LogP contribution is -2.51. The molecule has 0 spiro atoms. The van der Waals surface area contributed by atoms with Crippen molar-refractivity contribution in [1.82, 2.24) is 19.9 Å². The molecule has 1 aliphatic rings. The number of carbonyl (C=O) groups is 1. The zero-order valence-electron chi connectivity index (χ0n) is 18.8. The van der Waals surface area contributed by atoms with E-state index in [-0.39, 0.29) is 30.7 Å². The van der Waals surface area contributed by atoms with Crippen molar-refractivity contribution in [2.45, 2.75) is 38.3 Å². The SMILES string of the molecule is C=CN=C(/C=C(\C)OCC(F)F)O[C@@H]1CC[C@@H](CO)N(C(=O)c2ccccc2-n2nccn2)C1. The van der Waals surface area contributed by atoms with Crippen LogP contribution in [0.2, 0.25) is 0 Å². The number of para-hydroxylation sites is 1. The van der Waals surface area contributed by atoms with E-state index in [2.05, 4.69) is 21.8 Å². The first-order chi connectivity index (χ1) is 16.4. The van der Waals surface area contributed by atoms with E-state index in [0.29, 0.717) is 24.1 Å². The number of piperidine rings is 1. The summed E-state index contributed by atoms with van der Waals surface area (Å²) in [7, 11) is 0. The zero-order valence-corrected chi connectivity index (χ0v) is 18.8. The van der Waals surface area contributed by atoms with Crippen LogP contribution in [0.1, 0.15) is 30.1 Å². The number of rotatable bonds is 9. The first-order valence-electron chi connectivity index (χ1n) is 10.7. The Hall–Kier alpha value is -3.60. The number of nitrogens with zero attached hydrogens (tertiary/aromatic N) is 5. The average Bonchev–Trinajstić information content (AvgIpc) is 3.37. The predicted molar refractivity (Wildman–Crippen MR) is 121 cm³/mol. The van der Waals surface area contributed by atoms with E-state index < -0.39 is 25.2 Å². The number of carbonyl (C=O) groups excluding carboxylic acids is 1. The molecule has 3 rings (SSSR count). The normalized spacial score (nSPS) is 19.3. The van der Waals surface area contributed by atoms with Gasteiger partial charge in [-0.2, -0.15) is 15.0 Å². The van der Waals surface area contributed by atoms with Gasteiger partial charge in [-0.25, -0.2) is 13.8 Å². The van der Waals surface area contributed by atoms with Crippen molar-refractivity contribution in [1.29, 1.82) is 0 Å². The molecule has 1 aliphatic heterocycles. The summed E-state index contributed by atoms with van der Waals surface area (Å²) in [5.74, 6) is 0.0377. The van der Waals surface area contributed by atoms with Crippen molar-refractivity contribution in [3.63, 3.8) is 0 Å². The summed E-state index contributed by atoms with van der Waals surface area (Å²) in [6, 6.07) is 6.55. The van der Waals surface area contributed by atoms with Gasteiger partial charge in [0.05, 0.1) is 48.6 Å². The molecule has 2 heterocycles. The van der Waals surface area contributed by atoms with Gasteiger partial charge >= 0.3 is 0 Å². The molecule has 9 nitrogen and oxygen atoms in total. The Bertz CT molecular complexity index is 1030. The van der Waals surface area contributed by atoms with E-state index in [0.717, 1.165) is 0 Å². The molecule has 182 valence electrons. The van der Waals surface area contributed by atoms with Crippen LogP contribution in [-0.2, 0) is 9.47 Å². The molecule has 34 heavy (non-hydrogen) atoms. The van der Waals surface area contributed by atoms with Crippen molar-refractivity contribution >= 4 is 11.8 Å². The van der Waals surface area contributed by atoms with E-state index in [1.165, 1.54) is 36.4 Å². The Morgan fingerprint density at radius 2 is 2.06 bits per heavy atom. The van der Waals surface area contributed by atoms with Crippen LogP contribution in [0.15, 0.2) is 66.3 Å². The van der Waals surface area contributed by atoms with E-state index in [1.54, 1.807) is 29.2 Å². The first kappa shape index (κ1) is 25.0. The summed E-state index contributed by atoms with van der Waals surface area (Å²) in [5.41, 5.74) is 0.898. The van der Waals surface area contributed by atoms with Crippen molar-refractivity contribution in [3.05, 3.63) is 66.8 Å². The number of likely N-dealkylation sites (tertiary alicyclic amines) is 1. The number of hydrogen-bond acceptors (Lipinski definition) is 7. The third-order valence-corrected chi connectivity index (χ3v) is 5.17. The third-order valence-electron chi connectivity index (χ3n) is 5.17. The number of aliphatic hydroxyl groups is 1. The summed E-state index contributed by atoms with van der Waals surface area (Å²) in [6.45, 7) is 4.31. The fourth-order valence-electron chi connectivity index (χ4n) is 3.62. The molecule has 2 atom stereocenters. The van der Waals surface area contributed by atoms with E-state index in [9.17, 15) is 18.7 Å². The van der Waals surface area contributed by atoms with Gasteiger partial charge in [-0.3, -0.25) is 4.79 Å². The van der Waals surface area contributed by atoms with Gasteiger partial charge in [0.1, 0.15) is 12.7 Å². The standard InChI is InChI=1S/C23H27F2N5O4/c1-3-26-22(12-16(2)33-15-21(24)25)34-18-9-8-17(14-31)29(13-18)23(32)19-6-4-5-7-20(19)30-27-10-11-28-30/h3-7,10-12,17-18,21,31H,1,8-9,13-15H2,2H3/b16-12+,26-22?/t17-,18+/m0/s1. The van der Waals surface area contributed by atoms with Gasteiger partial charge in [-0.1, -0.05) is 18.7 Å². The summed E-state index contributed by atoms with van der Waals surface area (Å²) in [6.07, 6.45) is 3.71. The minimum absolute atomic E-state index is 0.128. The summed E-state index contributed by atoms with van der Waals surface area (Å²) >= 11 is 0. The van der Waals surface area contributed by atoms with Crippen molar-refractivity contribution in [3.8, 4) is 5.69 Å². The van der Waals surface area contributed by atoms with Crippen molar-refractivity contribution < 1.29 is 28.2 Å². The Balaban J connectivity index is 1.78. The average molecular weight is 475 g/mol. The molecule has 1 fully saturated rings. The number of halogens is 2. The molecule has 1 aromatic carbocycles. The maximum Gasteiger partial charge on any atom is 0.272 e. The number of ether oxygens (including phenoxy) is 2. The molecule has 0 bridgehead atoms. The van der Waals surface area contributed by atoms with Crippen LogP contribution >= 0.6 is 0 Å².